The van der Waals surface area contributed by atoms with Crippen molar-refractivity contribution in [1.82, 2.24) is 16.1 Å². The van der Waals surface area contributed by atoms with E-state index in [-0.39, 0.29) is 17.6 Å². The van der Waals surface area contributed by atoms with Crippen LogP contribution in [0.15, 0.2) is 0 Å². The second-order valence-electron chi connectivity index (χ2n) is 8.10. The minimum Gasteiger partial charge on any atom is -0.444 e. The summed E-state index contributed by atoms with van der Waals surface area (Å²) in [5.41, 5.74) is 2.13. The van der Waals surface area contributed by atoms with Gasteiger partial charge < -0.3 is 20.2 Å². The van der Waals surface area contributed by atoms with Crippen LogP contribution in [0.5, 0.6) is 0 Å². The molecular formula is C19H34ClN3O5. The maximum atomic E-state index is 12.8. The van der Waals surface area contributed by atoms with Gasteiger partial charge in [0.25, 0.3) is 0 Å². The fourth-order valence-corrected chi connectivity index (χ4v) is 3.06. The van der Waals surface area contributed by atoms with Crippen molar-refractivity contribution in [3.63, 3.8) is 0 Å². The van der Waals surface area contributed by atoms with Gasteiger partial charge in [0.2, 0.25) is 5.91 Å². The molecule has 0 spiro atoms. The summed E-state index contributed by atoms with van der Waals surface area (Å²) < 4.78 is 5.25. The number of amides is 2. The van der Waals surface area contributed by atoms with Crippen molar-refractivity contribution < 1.29 is 24.0 Å². The van der Waals surface area contributed by atoms with E-state index in [9.17, 15) is 14.4 Å². The summed E-state index contributed by atoms with van der Waals surface area (Å²) >= 11 is 5.73. The zero-order valence-corrected chi connectivity index (χ0v) is 18.1. The molecular weight excluding hydrogens is 386 g/mol. The fraction of sp³-hybridized carbons (Fsp3) is 0.842. The molecule has 0 aromatic heterocycles. The van der Waals surface area contributed by atoms with Crippen LogP contribution >= 0.6 is 11.6 Å². The van der Waals surface area contributed by atoms with Crippen molar-refractivity contribution in [2.24, 2.45) is 5.92 Å². The highest BCUT2D eigenvalue weighted by molar-refractivity contribution is 6.28. The van der Waals surface area contributed by atoms with Gasteiger partial charge in [0, 0.05) is 6.54 Å². The number of unbranched alkanes of at least 4 members (excludes halogenated alkanes) is 1. The van der Waals surface area contributed by atoms with Crippen LogP contribution < -0.4 is 16.1 Å². The predicted molar refractivity (Wildman–Crippen MR) is 107 cm³/mol. The highest BCUT2D eigenvalue weighted by Gasteiger charge is 2.30. The second-order valence-corrected chi connectivity index (χ2v) is 8.37. The molecule has 1 heterocycles. The van der Waals surface area contributed by atoms with Crippen LogP contribution in [0.2, 0.25) is 0 Å². The zero-order valence-electron chi connectivity index (χ0n) is 17.3. The highest BCUT2D eigenvalue weighted by Crippen LogP contribution is 2.16. The first-order valence-corrected chi connectivity index (χ1v) is 10.4. The molecule has 9 heteroatoms. The van der Waals surface area contributed by atoms with Crippen molar-refractivity contribution >= 4 is 29.4 Å². The number of hydrogen-bond donors (Lipinski definition) is 3. The Kier molecular flexibility index (Phi) is 10.8. The largest absolute Gasteiger partial charge is 0.444 e. The molecule has 8 nitrogen and oxygen atoms in total. The molecule has 3 N–H and O–H groups in total. The number of carbonyl (C=O) groups is 3. The van der Waals surface area contributed by atoms with Crippen LogP contribution in [0.4, 0.5) is 4.79 Å². The first kappa shape index (κ1) is 24.7. The van der Waals surface area contributed by atoms with E-state index >= 15 is 0 Å². The molecule has 0 aromatic rings. The number of Topliss-reactive ketones (excluding diaryl/α,β-unsaturated/α-hetero) is 1. The zero-order chi connectivity index (χ0) is 21.2. The van der Waals surface area contributed by atoms with E-state index in [1.807, 2.05) is 6.92 Å². The summed E-state index contributed by atoms with van der Waals surface area (Å²) in [7, 11) is 0. The van der Waals surface area contributed by atoms with Gasteiger partial charge in [0.1, 0.15) is 11.6 Å². The van der Waals surface area contributed by atoms with E-state index in [2.05, 4.69) is 16.1 Å². The van der Waals surface area contributed by atoms with Gasteiger partial charge in [-0.15, -0.1) is 11.6 Å². The third kappa shape index (κ3) is 9.71. The molecule has 2 amide bonds. The summed E-state index contributed by atoms with van der Waals surface area (Å²) in [6.45, 7) is 8.42. The summed E-state index contributed by atoms with van der Waals surface area (Å²) in [6, 6.07) is -1.48. The molecule has 1 aliphatic rings. The third-order valence-electron chi connectivity index (χ3n) is 4.34. The van der Waals surface area contributed by atoms with Crippen molar-refractivity contribution in [2.75, 3.05) is 19.0 Å². The SMILES string of the molecule is CCCC[C@H](NC(=O)OC(C)(C)C)C(=O)NC(CC1CCNOC1)C(=O)CCl. The molecule has 162 valence electrons. The number of hydroxylamine groups is 1. The summed E-state index contributed by atoms with van der Waals surface area (Å²) in [5.74, 6) is -0.695. The lowest BCUT2D eigenvalue weighted by molar-refractivity contribution is -0.129. The van der Waals surface area contributed by atoms with Gasteiger partial charge in [-0.25, -0.2) is 10.3 Å². The highest BCUT2D eigenvalue weighted by atomic mass is 35.5. The number of ether oxygens (including phenoxy) is 1. The lowest BCUT2D eigenvalue weighted by atomic mass is 9.94. The molecule has 1 aliphatic heterocycles. The molecule has 3 atom stereocenters. The minimum atomic E-state index is -0.773. The van der Waals surface area contributed by atoms with Gasteiger partial charge in [-0.2, -0.15) is 0 Å². The number of carbonyl (C=O) groups excluding carboxylic acids is 3. The predicted octanol–water partition coefficient (Wildman–Crippen LogP) is 2.29. The maximum absolute atomic E-state index is 12.8. The number of halogens is 1. The first-order chi connectivity index (χ1) is 13.2. The van der Waals surface area contributed by atoms with Gasteiger partial charge in [-0.3, -0.25) is 9.59 Å². The van der Waals surface area contributed by atoms with Crippen LogP contribution in [0.25, 0.3) is 0 Å². The quantitative estimate of drug-likeness (QED) is 0.469. The molecule has 0 aliphatic carbocycles. The Morgan fingerprint density at radius 3 is 2.50 bits per heavy atom. The topological polar surface area (TPSA) is 106 Å². The van der Waals surface area contributed by atoms with E-state index < -0.39 is 29.7 Å². The molecule has 0 bridgehead atoms. The number of alkyl halides is 1. The van der Waals surface area contributed by atoms with E-state index in [1.54, 1.807) is 20.8 Å². The van der Waals surface area contributed by atoms with Crippen LogP contribution in [0, 0.1) is 5.92 Å². The average molecular weight is 420 g/mol. The molecule has 1 rings (SSSR count). The first-order valence-electron chi connectivity index (χ1n) is 9.89. The summed E-state index contributed by atoms with van der Waals surface area (Å²) in [5, 5.41) is 5.39. The van der Waals surface area contributed by atoms with E-state index in [0.717, 1.165) is 19.3 Å². The fourth-order valence-electron chi connectivity index (χ4n) is 2.88. The lowest BCUT2D eigenvalue weighted by Gasteiger charge is -2.28. The monoisotopic (exact) mass is 419 g/mol. The average Bonchev–Trinajstić information content (AvgIpc) is 2.63. The van der Waals surface area contributed by atoms with Gasteiger partial charge in [0.15, 0.2) is 5.78 Å². The van der Waals surface area contributed by atoms with Gasteiger partial charge in [0.05, 0.1) is 18.5 Å². The maximum Gasteiger partial charge on any atom is 0.408 e. The molecule has 28 heavy (non-hydrogen) atoms. The van der Waals surface area contributed by atoms with Crippen molar-refractivity contribution in [1.29, 1.82) is 0 Å². The molecule has 0 radical (unpaired) electrons. The normalized spacial score (nSPS) is 19.4. The molecule has 2 unspecified atom stereocenters. The van der Waals surface area contributed by atoms with Crippen LogP contribution in [-0.4, -0.2) is 54.5 Å². The Morgan fingerprint density at radius 1 is 1.25 bits per heavy atom. The van der Waals surface area contributed by atoms with Crippen LogP contribution in [0.3, 0.4) is 0 Å². The second kappa shape index (κ2) is 12.2. The number of ketones is 1. The van der Waals surface area contributed by atoms with E-state index in [0.29, 0.717) is 26.0 Å². The molecule has 0 saturated carbocycles. The van der Waals surface area contributed by atoms with E-state index in [1.165, 1.54) is 0 Å². The number of rotatable bonds is 10. The minimum absolute atomic E-state index is 0.145. The molecule has 0 aromatic carbocycles. The number of nitrogens with one attached hydrogen (secondary N) is 3. The van der Waals surface area contributed by atoms with Gasteiger partial charge in [-0.05, 0) is 46.0 Å². The summed E-state index contributed by atoms with van der Waals surface area (Å²) in [4.78, 5) is 42.4. The Labute approximate surface area is 172 Å². The number of hydrogen-bond acceptors (Lipinski definition) is 6. The number of alkyl carbamates (subject to hydrolysis) is 1. The van der Waals surface area contributed by atoms with E-state index in [4.69, 9.17) is 21.2 Å². The summed E-state index contributed by atoms with van der Waals surface area (Å²) in [6.07, 6.45) is 2.72. The van der Waals surface area contributed by atoms with Gasteiger partial charge in [-0.1, -0.05) is 19.8 Å². The molecule has 1 saturated heterocycles. The molecule has 1 fully saturated rings. The lowest BCUT2D eigenvalue weighted by Crippen LogP contribution is -2.53. The Balaban J connectivity index is 2.76. The van der Waals surface area contributed by atoms with Crippen molar-refractivity contribution in [3.05, 3.63) is 0 Å². The Hall–Kier alpha value is -1.38. The smallest absolute Gasteiger partial charge is 0.408 e. The Morgan fingerprint density at radius 2 is 1.96 bits per heavy atom. The van der Waals surface area contributed by atoms with Crippen LogP contribution in [0.1, 0.15) is 59.8 Å². The standard InChI is InChI=1S/C19H34ClN3O5/c1-5-6-7-14(23-18(26)28-19(2,3)4)17(25)22-15(16(24)11-20)10-13-8-9-21-27-12-13/h13-15,21H,5-12H2,1-4H3,(H,22,25)(H,23,26)/t13?,14-,15?/m0/s1. The Bertz CT molecular complexity index is 518. The van der Waals surface area contributed by atoms with Gasteiger partial charge >= 0.3 is 6.09 Å². The van der Waals surface area contributed by atoms with Crippen molar-refractivity contribution in [2.45, 2.75) is 77.5 Å². The van der Waals surface area contributed by atoms with Crippen molar-refractivity contribution in [3.8, 4) is 0 Å². The third-order valence-corrected chi connectivity index (χ3v) is 4.60. The van der Waals surface area contributed by atoms with Crippen LogP contribution in [-0.2, 0) is 19.2 Å².